The number of rotatable bonds is 8. The van der Waals surface area contributed by atoms with E-state index in [1.165, 1.54) is 3.97 Å². The predicted molar refractivity (Wildman–Crippen MR) is 147 cm³/mol. The smallest absolute Gasteiger partial charge is 0.269 e. The number of hydrogen-bond acceptors (Lipinski definition) is 7. The molecule has 1 saturated carbocycles. The first-order valence-corrected chi connectivity index (χ1v) is 14.2. The predicted octanol–water partition coefficient (Wildman–Crippen LogP) is 5.21. The number of fused-ring (bicyclic) bond motifs is 1. The zero-order chi connectivity index (χ0) is 27.0. The summed E-state index contributed by atoms with van der Waals surface area (Å²) in [7, 11) is -3.81. The number of ether oxygens (including phenoxy) is 1. The van der Waals surface area contributed by atoms with Crippen LogP contribution in [0.2, 0.25) is 0 Å². The van der Waals surface area contributed by atoms with Crippen LogP contribution in [-0.2, 0) is 14.8 Å². The fourth-order valence-electron chi connectivity index (χ4n) is 4.99. The Labute approximate surface area is 220 Å². The van der Waals surface area contributed by atoms with Gasteiger partial charge in [0, 0.05) is 23.9 Å². The van der Waals surface area contributed by atoms with Crippen LogP contribution < -0.4 is 10.2 Å². The lowest BCUT2D eigenvalue weighted by Gasteiger charge is -2.33. The fourth-order valence-corrected chi connectivity index (χ4v) is 6.28. The molecule has 4 rings (SSSR count). The van der Waals surface area contributed by atoms with Gasteiger partial charge in [-0.05, 0) is 71.6 Å². The monoisotopic (exact) mass is 526 g/mol. The molecule has 1 aliphatic carbocycles. The maximum Gasteiger partial charge on any atom is 0.269 e. The van der Waals surface area contributed by atoms with Crippen LogP contribution in [0.4, 0.5) is 11.5 Å². The Bertz CT molecular complexity index is 1300. The number of benzene rings is 1. The van der Waals surface area contributed by atoms with Crippen LogP contribution in [0.3, 0.4) is 0 Å². The third-order valence-corrected chi connectivity index (χ3v) is 8.29. The normalized spacial score (nSPS) is 21.4. The number of aliphatic hydroxyl groups is 1. The van der Waals surface area contributed by atoms with Gasteiger partial charge in [-0.1, -0.05) is 37.3 Å². The number of anilines is 1. The molecule has 0 spiro atoms. The molecular weight excluding hydrogens is 488 g/mol. The number of aliphatic hydroxyl groups excluding tert-OH is 1. The lowest BCUT2D eigenvalue weighted by Crippen LogP contribution is -2.42. The molecule has 1 aromatic carbocycles. The molecular formula is C28H38N4O4S. The van der Waals surface area contributed by atoms with E-state index in [0.29, 0.717) is 17.2 Å². The molecule has 1 aromatic heterocycles. The molecule has 2 aliphatic rings. The summed E-state index contributed by atoms with van der Waals surface area (Å²) in [6, 6.07) is 8.70. The third-order valence-electron chi connectivity index (χ3n) is 6.61. The van der Waals surface area contributed by atoms with Gasteiger partial charge < -0.3 is 14.7 Å². The minimum Gasteiger partial charge on any atom is -0.356 e. The van der Waals surface area contributed by atoms with E-state index in [1.807, 2.05) is 32.6 Å². The number of hydrogen-bond donors (Lipinski definition) is 2. The second kappa shape index (κ2) is 10.6. The first kappa shape index (κ1) is 27.3. The van der Waals surface area contributed by atoms with E-state index >= 15 is 0 Å². The SMILES string of the molecule is C=C1C=Nc2c(ccn2S(=O)(=O)c2ccc(C)cc2)N1C(=CCC)C1CCC(NC(O)OC(C)(C)C)C1. The molecule has 2 aromatic rings. The van der Waals surface area contributed by atoms with Crippen LogP contribution in [0, 0.1) is 12.8 Å². The van der Waals surface area contributed by atoms with E-state index in [4.69, 9.17) is 4.74 Å². The topological polar surface area (TPSA) is 96.2 Å². The number of allylic oxidation sites excluding steroid dienone is 3. The van der Waals surface area contributed by atoms with Crippen molar-refractivity contribution < 1.29 is 18.3 Å². The first-order chi connectivity index (χ1) is 17.4. The summed E-state index contributed by atoms with van der Waals surface area (Å²) < 4.78 is 33.8. The summed E-state index contributed by atoms with van der Waals surface area (Å²) in [6.07, 6.45) is 7.77. The maximum atomic E-state index is 13.5. The van der Waals surface area contributed by atoms with Crippen molar-refractivity contribution in [3.05, 3.63) is 66.1 Å². The van der Waals surface area contributed by atoms with Gasteiger partial charge in [0.2, 0.25) is 6.41 Å². The number of nitrogens with one attached hydrogen (secondary N) is 1. The van der Waals surface area contributed by atoms with Crippen LogP contribution in [-0.4, -0.2) is 41.8 Å². The van der Waals surface area contributed by atoms with Gasteiger partial charge in [-0.2, -0.15) is 0 Å². The number of nitrogens with zero attached hydrogens (tertiary/aromatic N) is 3. The van der Waals surface area contributed by atoms with Crippen LogP contribution in [0.5, 0.6) is 0 Å². The van der Waals surface area contributed by atoms with Gasteiger partial charge in [-0.25, -0.2) is 17.4 Å². The Balaban J connectivity index is 1.61. The highest BCUT2D eigenvalue weighted by Gasteiger charge is 2.35. The number of aryl methyl sites for hydroxylation is 1. The first-order valence-electron chi connectivity index (χ1n) is 12.8. The van der Waals surface area contributed by atoms with E-state index in [0.717, 1.165) is 36.9 Å². The van der Waals surface area contributed by atoms with Crippen LogP contribution >= 0.6 is 0 Å². The van der Waals surface area contributed by atoms with E-state index in [-0.39, 0.29) is 16.9 Å². The molecule has 8 nitrogen and oxygen atoms in total. The van der Waals surface area contributed by atoms with E-state index in [2.05, 4.69) is 29.9 Å². The Hall–Kier alpha value is -2.72. The Morgan fingerprint density at radius 1 is 1.27 bits per heavy atom. The summed E-state index contributed by atoms with van der Waals surface area (Å²) in [5.41, 5.74) is 2.98. The third kappa shape index (κ3) is 5.90. The number of aromatic nitrogens is 1. The van der Waals surface area contributed by atoms with E-state index in [1.54, 1.807) is 42.7 Å². The van der Waals surface area contributed by atoms with Crippen molar-refractivity contribution in [2.24, 2.45) is 10.9 Å². The van der Waals surface area contributed by atoms with Gasteiger partial charge in [0.15, 0.2) is 5.82 Å². The van der Waals surface area contributed by atoms with E-state index < -0.39 is 22.0 Å². The quantitative estimate of drug-likeness (QED) is 0.458. The zero-order valence-corrected chi connectivity index (χ0v) is 23.1. The molecule has 9 heteroatoms. The summed E-state index contributed by atoms with van der Waals surface area (Å²) in [6.45, 7) is 13.9. The van der Waals surface area contributed by atoms with Crippen LogP contribution in [0.15, 0.2) is 70.5 Å². The zero-order valence-electron chi connectivity index (χ0n) is 22.3. The summed E-state index contributed by atoms with van der Waals surface area (Å²) >= 11 is 0. The van der Waals surface area contributed by atoms with E-state index in [9.17, 15) is 13.5 Å². The highest BCUT2D eigenvalue weighted by atomic mass is 32.2. The molecule has 1 fully saturated rings. The molecule has 3 atom stereocenters. The molecule has 0 bridgehead atoms. The molecule has 37 heavy (non-hydrogen) atoms. The van der Waals surface area contributed by atoms with Gasteiger partial charge in [0.25, 0.3) is 10.0 Å². The van der Waals surface area contributed by atoms with Gasteiger partial charge in [-0.3, -0.25) is 5.32 Å². The van der Waals surface area contributed by atoms with Crippen molar-refractivity contribution in [1.29, 1.82) is 0 Å². The van der Waals surface area contributed by atoms with Gasteiger partial charge in [0.1, 0.15) is 0 Å². The highest BCUT2D eigenvalue weighted by Crippen LogP contribution is 2.44. The van der Waals surface area contributed by atoms with Crippen molar-refractivity contribution in [3.63, 3.8) is 0 Å². The lowest BCUT2D eigenvalue weighted by molar-refractivity contribution is -0.185. The minimum atomic E-state index is -3.81. The maximum absolute atomic E-state index is 13.5. The largest absolute Gasteiger partial charge is 0.356 e. The van der Waals surface area contributed by atoms with Gasteiger partial charge in [-0.15, -0.1) is 0 Å². The van der Waals surface area contributed by atoms with Crippen molar-refractivity contribution in [3.8, 4) is 0 Å². The second-order valence-corrected chi connectivity index (χ2v) is 12.5. The Morgan fingerprint density at radius 3 is 2.62 bits per heavy atom. The molecule has 0 saturated heterocycles. The lowest BCUT2D eigenvalue weighted by atomic mass is 9.99. The summed E-state index contributed by atoms with van der Waals surface area (Å²) in [4.78, 5) is 6.72. The van der Waals surface area contributed by atoms with Gasteiger partial charge >= 0.3 is 0 Å². The summed E-state index contributed by atoms with van der Waals surface area (Å²) in [5.74, 6) is 0.559. The molecule has 200 valence electrons. The van der Waals surface area contributed by atoms with Crippen molar-refractivity contribution in [1.82, 2.24) is 9.29 Å². The average molecular weight is 527 g/mol. The standard InChI is InChI=1S/C28H38N4O4S/c1-7-8-24(21-11-12-22(17-21)30-27(33)36-28(4,5)6)32-20(3)18-29-26-25(32)15-16-31(26)37(34,35)23-13-9-19(2)10-14-23/h8-10,13-16,18,21-22,27,30,33H,3,7,11-12,17H2,1-2,4-6H3. The molecule has 2 N–H and O–H groups in total. The van der Waals surface area contributed by atoms with Crippen molar-refractivity contribution in [2.75, 3.05) is 4.90 Å². The molecule has 3 unspecified atom stereocenters. The van der Waals surface area contributed by atoms with Crippen molar-refractivity contribution >= 4 is 27.7 Å². The second-order valence-electron chi connectivity index (χ2n) is 10.7. The van der Waals surface area contributed by atoms with Crippen LogP contribution in [0.25, 0.3) is 0 Å². The molecule has 0 amide bonds. The van der Waals surface area contributed by atoms with Crippen LogP contribution in [0.1, 0.15) is 58.9 Å². The fraction of sp³-hybridized carbons (Fsp3) is 0.464. The van der Waals surface area contributed by atoms with Crippen molar-refractivity contribution in [2.45, 2.75) is 83.3 Å². The Kier molecular flexibility index (Phi) is 7.80. The summed E-state index contributed by atoms with van der Waals surface area (Å²) in [5, 5.41) is 13.5. The van der Waals surface area contributed by atoms with Gasteiger partial charge in [0.05, 0.1) is 28.1 Å². The molecule has 1 aliphatic heterocycles. The molecule has 0 radical (unpaired) electrons. The minimum absolute atomic E-state index is 0.0975. The Morgan fingerprint density at radius 2 is 1.97 bits per heavy atom. The highest BCUT2D eigenvalue weighted by molar-refractivity contribution is 7.90. The number of aliphatic imine (C=N–C) groups is 1. The average Bonchev–Trinajstić information content (AvgIpc) is 3.44. The molecule has 2 heterocycles.